The maximum absolute atomic E-state index is 8.87. The van der Waals surface area contributed by atoms with Gasteiger partial charge in [0.2, 0.25) is 5.69 Å². The minimum Gasteiger partial charge on any atom is -0.371 e. The summed E-state index contributed by atoms with van der Waals surface area (Å²) < 4.78 is 2.26. The summed E-state index contributed by atoms with van der Waals surface area (Å²) in [6, 6.07) is 14.9. The molecule has 2 aromatic rings. The van der Waals surface area contributed by atoms with Gasteiger partial charge in [0.25, 0.3) is 0 Å². The smallest absolute Gasteiger partial charge is 0.209 e. The third kappa shape index (κ3) is 4.09. The van der Waals surface area contributed by atoms with E-state index in [1.165, 1.54) is 33.8 Å². The van der Waals surface area contributed by atoms with Gasteiger partial charge in [-0.3, -0.25) is 0 Å². The first-order chi connectivity index (χ1) is 13.8. The van der Waals surface area contributed by atoms with Gasteiger partial charge in [0.15, 0.2) is 5.71 Å². The van der Waals surface area contributed by atoms with Crippen LogP contribution in [0.2, 0.25) is 5.02 Å². The average Bonchev–Trinajstić information content (AvgIpc) is 2.87. The van der Waals surface area contributed by atoms with Crippen LogP contribution in [0.5, 0.6) is 0 Å². The van der Waals surface area contributed by atoms with Crippen molar-refractivity contribution in [2.75, 3.05) is 25.0 Å². The topological polar surface area (TPSA) is 30.0 Å². The molecule has 0 aliphatic carbocycles. The quantitative estimate of drug-likeness (QED) is 0.542. The van der Waals surface area contributed by atoms with Crippen LogP contribution < -0.4 is 4.90 Å². The van der Waals surface area contributed by atoms with Crippen molar-refractivity contribution < 1.29 is 4.58 Å². The first-order valence-corrected chi connectivity index (χ1v) is 10.5. The minimum absolute atomic E-state index is 0.102. The van der Waals surface area contributed by atoms with Crippen molar-refractivity contribution in [1.29, 1.82) is 5.26 Å². The van der Waals surface area contributed by atoms with Crippen molar-refractivity contribution in [2.45, 2.75) is 39.5 Å². The lowest BCUT2D eigenvalue weighted by Crippen LogP contribution is -2.26. The predicted molar refractivity (Wildman–Crippen MR) is 124 cm³/mol. The van der Waals surface area contributed by atoms with E-state index in [0.717, 1.165) is 18.1 Å². The fourth-order valence-electron chi connectivity index (χ4n) is 4.18. The lowest BCUT2D eigenvalue weighted by Gasteiger charge is -2.22. The van der Waals surface area contributed by atoms with E-state index in [1.54, 1.807) is 0 Å². The summed E-state index contributed by atoms with van der Waals surface area (Å²) in [7, 11) is 2.12. The molecule has 0 atom stereocenters. The van der Waals surface area contributed by atoms with E-state index in [9.17, 15) is 0 Å². The molecule has 3 nitrogen and oxygen atoms in total. The third-order valence-corrected chi connectivity index (χ3v) is 6.14. The van der Waals surface area contributed by atoms with E-state index in [1.807, 2.05) is 6.07 Å². The van der Waals surface area contributed by atoms with E-state index >= 15 is 0 Å². The second-order valence-corrected chi connectivity index (χ2v) is 8.53. The van der Waals surface area contributed by atoms with Gasteiger partial charge >= 0.3 is 0 Å². The number of rotatable bonds is 6. The van der Waals surface area contributed by atoms with Crippen LogP contribution in [0, 0.1) is 18.3 Å². The lowest BCUT2D eigenvalue weighted by molar-refractivity contribution is -0.401. The molecule has 0 saturated carbocycles. The number of nitrogens with zero attached hydrogens (tertiary/aromatic N) is 3. The number of nitriles is 1. The highest BCUT2D eigenvalue weighted by atomic mass is 35.5. The van der Waals surface area contributed by atoms with E-state index in [4.69, 9.17) is 16.9 Å². The SMILES string of the molecule is CCN(CCC#N)c1ccc(/C=C/C2=[N+](C)c3ccc(Cl)cc3C2(C)C)c(C)c1. The zero-order valence-corrected chi connectivity index (χ0v) is 18.7. The fourth-order valence-corrected chi connectivity index (χ4v) is 4.35. The largest absolute Gasteiger partial charge is 0.371 e. The molecule has 0 unspecified atom stereocenters. The van der Waals surface area contributed by atoms with E-state index in [0.29, 0.717) is 6.42 Å². The standard InChI is InChI=1S/C25H29ClN3/c1-6-29(15-7-14-27)21-11-8-19(18(2)16-21)9-13-24-25(3,4)22-17-20(26)10-12-23(22)28(24)5/h8-13,16-17H,6-7,15H2,1-5H3/q+1. The second kappa shape index (κ2) is 8.43. The Morgan fingerprint density at radius 1 is 1.17 bits per heavy atom. The number of allylic oxidation sites excluding steroid dienone is 1. The molecule has 0 radical (unpaired) electrons. The molecule has 2 aromatic carbocycles. The number of hydrogen-bond donors (Lipinski definition) is 0. The van der Waals surface area contributed by atoms with Crippen molar-refractivity contribution >= 4 is 34.8 Å². The summed E-state index contributed by atoms with van der Waals surface area (Å²) in [6.45, 7) is 10.4. The molecule has 29 heavy (non-hydrogen) atoms. The highest BCUT2D eigenvalue weighted by Crippen LogP contribution is 2.40. The van der Waals surface area contributed by atoms with Gasteiger partial charge < -0.3 is 4.90 Å². The molecular formula is C25H29ClN3+. The molecule has 0 amide bonds. The van der Waals surface area contributed by atoms with Gasteiger partial charge in [0.05, 0.1) is 17.9 Å². The molecule has 150 valence electrons. The Labute approximate surface area is 179 Å². The van der Waals surface area contributed by atoms with Gasteiger partial charge in [-0.1, -0.05) is 17.7 Å². The number of aryl methyl sites for hydroxylation is 1. The Kier molecular flexibility index (Phi) is 6.15. The Balaban J connectivity index is 1.89. The highest BCUT2D eigenvalue weighted by molar-refractivity contribution is 6.30. The van der Waals surface area contributed by atoms with E-state index < -0.39 is 0 Å². The Morgan fingerprint density at radius 3 is 2.59 bits per heavy atom. The first-order valence-electron chi connectivity index (χ1n) is 10.1. The summed E-state index contributed by atoms with van der Waals surface area (Å²) in [4.78, 5) is 2.24. The zero-order chi connectivity index (χ0) is 21.2. The van der Waals surface area contributed by atoms with Crippen LogP contribution in [0.15, 0.2) is 42.5 Å². The van der Waals surface area contributed by atoms with Gasteiger partial charge in [-0.05, 0) is 69.2 Å². The lowest BCUT2D eigenvalue weighted by atomic mass is 9.81. The van der Waals surface area contributed by atoms with Crippen molar-refractivity contribution in [1.82, 2.24) is 0 Å². The normalized spacial score (nSPS) is 14.9. The molecular weight excluding hydrogens is 378 g/mol. The third-order valence-electron chi connectivity index (χ3n) is 5.91. The molecule has 0 bridgehead atoms. The maximum atomic E-state index is 8.87. The molecule has 0 aromatic heterocycles. The van der Waals surface area contributed by atoms with Crippen molar-refractivity contribution in [3.8, 4) is 6.07 Å². The second-order valence-electron chi connectivity index (χ2n) is 8.09. The summed E-state index contributed by atoms with van der Waals surface area (Å²) in [5.41, 5.74) is 7.23. The number of hydrogen-bond acceptors (Lipinski definition) is 2. The van der Waals surface area contributed by atoms with Crippen molar-refractivity contribution in [3.05, 3.63) is 64.2 Å². The average molecular weight is 407 g/mol. The van der Waals surface area contributed by atoms with Crippen LogP contribution in [0.25, 0.3) is 6.08 Å². The van der Waals surface area contributed by atoms with Gasteiger partial charge in [-0.15, -0.1) is 0 Å². The van der Waals surface area contributed by atoms with Crippen LogP contribution in [-0.2, 0) is 5.41 Å². The Bertz CT molecular complexity index is 1020. The number of fused-ring (bicyclic) bond motifs is 1. The van der Waals surface area contributed by atoms with Crippen molar-refractivity contribution in [2.24, 2.45) is 0 Å². The molecule has 1 aliphatic rings. The van der Waals surface area contributed by atoms with Gasteiger partial charge in [0, 0.05) is 41.5 Å². The summed E-state index contributed by atoms with van der Waals surface area (Å²) in [5.74, 6) is 0. The first kappa shape index (κ1) is 21.1. The van der Waals surface area contributed by atoms with Crippen molar-refractivity contribution in [3.63, 3.8) is 0 Å². The minimum atomic E-state index is -0.102. The predicted octanol–water partition coefficient (Wildman–Crippen LogP) is 6.11. The zero-order valence-electron chi connectivity index (χ0n) is 18.0. The maximum Gasteiger partial charge on any atom is 0.209 e. The van der Waals surface area contributed by atoms with Gasteiger partial charge in [-0.2, -0.15) is 9.84 Å². The molecule has 0 fully saturated rings. The number of halogens is 1. The van der Waals surface area contributed by atoms with Crippen LogP contribution in [0.1, 0.15) is 43.9 Å². The van der Waals surface area contributed by atoms with E-state index in [-0.39, 0.29) is 5.41 Å². The van der Waals surface area contributed by atoms with Gasteiger partial charge in [-0.25, -0.2) is 0 Å². The van der Waals surface area contributed by atoms with Crippen LogP contribution in [-0.4, -0.2) is 30.4 Å². The fraction of sp³-hybridized carbons (Fsp3) is 0.360. The van der Waals surface area contributed by atoms with Crippen LogP contribution in [0.3, 0.4) is 0 Å². The highest BCUT2D eigenvalue weighted by Gasteiger charge is 2.42. The molecule has 1 aliphatic heterocycles. The Hall–Kier alpha value is -2.57. The molecule has 1 heterocycles. The van der Waals surface area contributed by atoms with Crippen LogP contribution in [0.4, 0.5) is 11.4 Å². The monoisotopic (exact) mass is 406 g/mol. The molecule has 4 heteroatoms. The van der Waals surface area contributed by atoms with Gasteiger partial charge in [0.1, 0.15) is 7.05 Å². The number of benzene rings is 2. The molecule has 0 saturated heterocycles. The molecule has 3 rings (SSSR count). The summed E-state index contributed by atoms with van der Waals surface area (Å²) in [5, 5.41) is 9.65. The summed E-state index contributed by atoms with van der Waals surface area (Å²) in [6.07, 6.45) is 4.97. The summed E-state index contributed by atoms with van der Waals surface area (Å²) >= 11 is 6.26. The van der Waals surface area contributed by atoms with Crippen LogP contribution >= 0.6 is 11.6 Å². The van der Waals surface area contributed by atoms with E-state index in [2.05, 4.69) is 92.8 Å². The Morgan fingerprint density at radius 2 is 1.93 bits per heavy atom. The molecule has 0 N–H and O–H groups in total. The number of anilines is 1. The molecule has 0 spiro atoms.